The quantitative estimate of drug-likeness (QED) is 0.748. The van der Waals surface area contributed by atoms with E-state index in [0.29, 0.717) is 5.56 Å². The lowest BCUT2D eigenvalue weighted by atomic mass is 9.95. The number of aryl methyl sites for hydroxylation is 1. The molecular weight excluding hydrogens is 224 g/mol. The highest BCUT2D eigenvalue weighted by atomic mass is 16.5. The molecule has 0 radical (unpaired) electrons. The molecule has 0 N–H and O–H groups in total. The number of para-hydroxylation sites is 1. The lowest BCUT2D eigenvalue weighted by Crippen LogP contribution is -2.09. The molecule has 0 fully saturated rings. The van der Waals surface area contributed by atoms with Gasteiger partial charge in [0, 0.05) is 11.1 Å². The van der Waals surface area contributed by atoms with Crippen molar-refractivity contribution in [3.8, 4) is 16.9 Å². The number of carbonyl (C=O) groups is 1. The molecular formula is C16H14O2. The monoisotopic (exact) mass is 238 g/mol. The minimum absolute atomic E-state index is 0.708. The van der Waals surface area contributed by atoms with Crippen LogP contribution in [-0.4, -0.2) is 12.9 Å². The summed E-state index contributed by atoms with van der Waals surface area (Å²) in [5, 5.41) is 0. The predicted octanol–water partition coefficient (Wildman–Crippen LogP) is 3.49. The van der Waals surface area contributed by atoms with Crippen LogP contribution in [0.1, 0.15) is 22.3 Å². The Morgan fingerprint density at radius 2 is 1.83 bits per heavy atom. The molecule has 1 aliphatic rings. The maximum Gasteiger partial charge on any atom is 0.150 e. The highest BCUT2D eigenvalue weighted by Gasteiger charge is 2.16. The van der Waals surface area contributed by atoms with Crippen LogP contribution in [0, 0.1) is 0 Å². The van der Waals surface area contributed by atoms with E-state index in [1.54, 1.807) is 0 Å². The molecule has 3 rings (SSSR count). The number of ether oxygens (including phenoxy) is 1. The number of rotatable bonds is 2. The molecule has 0 saturated heterocycles. The summed E-state index contributed by atoms with van der Waals surface area (Å²) < 4.78 is 5.79. The first kappa shape index (κ1) is 11.0. The molecule has 1 heterocycles. The van der Waals surface area contributed by atoms with Gasteiger partial charge in [-0.25, -0.2) is 0 Å². The molecule has 0 unspecified atom stereocenters. The second-order valence-electron chi connectivity index (χ2n) is 4.45. The Hall–Kier alpha value is -2.09. The maximum atomic E-state index is 11.1. The second kappa shape index (κ2) is 4.65. The summed E-state index contributed by atoms with van der Waals surface area (Å²) in [4.78, 5) is 11.1. The second-order valence-corrected chi connectivity index (χ2v) is 4.45. The zero-order valence-electron chi connectivity index (χ0n) is 10.1. The van der Waals surface area contributed by atoms with E-state index < -0.39 is 0 Å². The van der Waals surface area contributed by atoms with Crippen LogP contribution in [0.25, 0.3) is 11.1 Å². The molecule has 90 valence electrons. The zero-order chi connectivity index (χ0) is 12.4. The molecule has 0 saturated carbocycles. The number of carbonyl (C=O) groups excluding carboxylic acids is 1. The molecule has 0 aliphatic carbocycles. The fourth-order valence-corrected chi connectivity index (χ4v) is 2.45. The van der Waals surface area contributed by atoms with Crippen molar-refractivity contribution >= 4 is 6.29 Å². The summed E-state index contributed by atoms with van der Waals surface area (Å²) in [7, 11) is 0. The van der Waals surface area contributed by atoms with Gasteiger partial charge in [0.25, 0.3) is 0 Å². The van der Waals surface area contributed by atoms with E-state index in [0.717, 1.165) is 42.6 Å². The van der Waals surface area contributed by atoms with Crippen molar-refractivity contribution in [1.29, 1.82) is 0 Å². The van der Waals surface area contributed by atoms with E-state index in [1.165, 1.54) is 5.56 Å². The van der Waals surface area contributed by atoms with Gasteiger partial charge >= 0.3 is 0 Å². The Balaban J connectivity index is 2.20. The van der Waals surface area contributed by atoms with Gasteiger partial charge in [0.1, 0.15) is 5.75 Å². The van der Waals surface area contributed by atoms with Crippen LogP contribution in [-0.2, 0) is 6.42 Å². The van der Waals surface area contributed by atoms with E-state index in [1.807, 2.05) is 36.4 Å². The van der Waals surface area contributed by atoms with Crippen LogP contribution < -0.4 is 4.74 Å². The third kappa shape index (κ3) is 1.80. The molecule has 0 amide bonds. The number of aldehydes is 1. The van der Waals surface area contributed by atoms with Gasteiger partial charge in [-0.1, -0.05) is 42.5 Å². The number of fused-ring (bicyclic) bond motifs is 1. The van der Waals surface area contributed by atoms with E-state index in [4.69, 9.17) is 4.74 Å². The van der Waals surface area contributed by atoms with Crippen molar-refractivity contribution in [1.82, 2.24) is 0 Å². The van der Waals surface area contributed by atoms with Crippen molar-refractivity contribution < 1.29 is 9.53 Å². The molecule has 18 heavy (non-hydrogen) atoms. The average Bonchev–Trinajstić information content (AvgIpc) is 2.46. The van der Waals surface area contributed by atoms with Crippen LogP contribution in [0.5, 0.6) is 5.75 Å². The molecule has 2 aromatic rings. The van der Waals surface area contributed by atoms with E-state index in [2.05, 4.69) is 6.07 Å². The summed E-state index contributed by atoms with van der Waals surface area (Å²) in [6.07, 6.45) is 3.01. The molecule has 0 spiro atoms. The molecule has 2 aromatic carbocycles. The normalized spacial score (nSPS) is 13.6. The van der Waals surface area contributed by atoms with Crippen LogP contribution in [0.4, 0.5) is 0 Å². The molecule has 0 atom stereocenters. The van der Waals surface area contributed by atoms with Crippen molar-refractivity contribution in [3.05, 3.63) is 53.6 Å². The first-order chi connectivity index (χ1) is 8.90. The topological polar surface area (TPSA) is 26.3 Å². The van der Waals surface area contributed by atoms with Gasteiger partial charge in [-0.3, -0.25) is 4.79 Å². The van der Waals surface area contributed by atoms with Gasteiger partial charge in [0.05, 0.1) is 6.61 Å². The standard InChI is InChI=1S/C16H14O2/c17-11-13-5-1-2-8-14(13)15-9-3-6-12-7-4-10-18-16(12)15/h1-3,5-6,8-9,11H,4,7,10H2. The van der Waals surface area contributed by atoms with Gasteiger partial charge < -0.3 is 4.74 Å². The van der Waals surface area contributed by atoms with Gasteiger partial charge in [0.2, 0.25) is 0 Å². The van der Waals surface area contributed by atoms with Crippen LogP contribution in [0.3, 0.4) is 0 Å². The number of hydrogen-bond donors (Lipinski definition) is 0. The fraction of sp³-hybridized carbons (Fsp3) is 0.188. The summed E-state index contributed by atoms with van der Waals surface area (Å²) in [5.41, 5.74) is 3.92. The Morgan fingerprint density at radius 1 is 1.00 bits per heavy atom. The Labute approximate surface area is 106 Å². The predicted molar refractivity (Wildman–Crippen MR) is 71.1 cm³/mol. The lowest BCUT2D eigenvalue weighted by Gasteiger charge is -2.20. The van der Waals surface area contributed by atoms with Crippen molar-refractivity contribution in [2.24, 2.45) is 0 Å². The number of benzene rings is 2. The molecule has 1 aliphatic heterocycles. The summed E-state index contributed by atoms with van der Waals surface area (Å²) in [5.74, 6) is 0.943. The highest BCUT2D eigenvalue weighted by Crippen LogP contribution is 2.37. The summed E-state index contributed by atoms with van der Waals surface area (Å²) in [6, 6.07) is 13.8. The summed E-state index contributed by atoms with van der Waals surface area (Å²) >= 11 is 0. The third-order valence-electron chi connectivity index (χ3n) is 3.31. The van der Waals surface area contributed by atoms with Gasteiger partial charge in [-0.05, 0) is 24.0 Å². The number of hydrogen-bond acceptors (Lipinski definition) is 2. The highest BCUT2D eigenvalue weighted by molar-refractivity contribution is 5.89. The SMILES string of the molecule is O=Cc1ccccc1-c1cccc2c1OCCC2. The molecule has 2 nitrogen and oxygen atoms in total. The zero-order valence-corrected chi connectivity index (χ0v) is 10.1. The van der Waals surface area contributed by atoms with Crippen molar-refractivity contribution in [2.45, 2.75) is 12.8 Å². The molecule has 0 aromatic heterocycles. The Bertz CT molecular complexity index is 587. The van der Waals surface area contributed by atoms with Crippen LogP contribution in [0.15, 0.2) is 42.5 Å². The van der Waals surface area contributed by atoms with Crippen LogP contribution in [0.2, 0.25) is 0 Å². The van der Waals surface area contributed by atoms with E-state index in [-0.39, 0.29) is 0 Å². The van der Waals surface area contributed by atoms with Crippen LogP contribution >= 0.6 is 0 Å². The Kier molecular flexibility index (Phi) is 2.85. The van der Waals surface area contributed by atoms with E-state index in [9.17, 15) is 4.79 Å². The van der Waals surface area contributed by atoms with Crippen molar-refractivity contribution in [3.63, 3.8) is 0 Å². The fourth-order valence-electron chi connectivity index (χ4n) is 2.45. The summed E-state index contributed by atoms with van der Waals surface area (Å²) in [6.45, 7) is 0.757. The smallest absolute Gasteiger partial charge is 0.150 e. The molecule has 2 heteroatoms. The van der Waals surface area contributed by atoms with Gasteiger partial charge in [-0.2, -0.15) is 0 Å². The molecule has 0 bridgehead atoms. The first-order valence-electron chi connectivity index (χ1n) is 6.19. The minimum Gasteiger partial charge on any atom is -0.493 e. The Morgan fingerprint density at radius 3 is 2.72 bits per heavy atom. The maximum absolute atomic E-state index is 11.1. The van der Waals surface area contributed by atoms with E-state index >= 15 is 0 Å². The van der Waals surface area contributed by atoms with Gasteiger partial charge in [0.15, 0.2) is 6.29 Å². The minimum atomic E-state index is 0.708. The largest absolute Gasteiger partial charge is 0.493 e. The first-order valence-corrected chi connectivity index (χ1v) is 6.19. The van der Waals surface area contributed by atoms with Crippen molar-refractivity contribution in [2.75, 3.05) is 6.61 Å². The average molecular weight is 238 g/mol. The van der Waals surface area contributed by atoms with Gasteiger partial charge in [-0.15, -0.1) is 0 Å². The third-order valence-corrected chi connectivity index (χ3v) is 3.31. The lowest BCUT2D eigenvalue weighted by molar-refractivity contribution is 0.112.